The van der Waals surface area contributed by atoms with Gasteiger partial charge in [-0.25, -0.2) is 9.59 Å². The largest absolute Gasteiger partial charge is 0.443 e. The first kappa shape index (κ1) is 31.8. The molecule has 0 aliphatic heterocycles. The number of hydrogen-bond acceptors (Lipinski definition) is 5. The van der Waals surface area contributed by atoms with E-state index in [1.165, 1.54) is 15.3 Å². The predicted molar refractivity (Wildman–Crippen MR) is 164 cm³/mol. The van der Waals surface area contributed by atoms with Crippen molar-refractivity contribution in [3.05, 3.63) is 70.0 Å². The lowest BCUT2D eigenvalue weighted by atomic mass is 10.2. The van der Waals surface area contributed by atoms with E-state index >= 15 is 0 Å². The number of halogens is 3. The van der Waals surface area contributed by atoms with Gasteiger partial charge in [-0.3, -0.25) is 9.13 Å². The Labute approximate surface area is 251 Å². The van der Waals surface area contributed by atoms with E-state index in [0.29, 0.717) is 33.9 Å². The molecule has 218 valence electrons. The summed E-state index contributed by atoms with van der Waals surface area (Å²) in [6.45, 7) is 13.1. The number of benzene rings is 2. The molecule has 0 aliphatic carbocycles. The lowest BCUT2D eigenvalue weighted by molar-refractivity contribution is 0.0533. The number of hydrogen-bond donors (Lipinski definition) is 1. The van der Waals surface area contributed by atoms with Crippen molar-refractivity contribution in [1.82, 2.24) is 9.13 Å². The normalized spacial score (nSPS) is 11.7. The Bertz CT molecular complexity index is 1390. The minimum absolute atomic E-state index is 0.0656. The number of nitrogens with zero attached hydrogens (tertiary/aromatic N) is 2. The quantitative estimate of drug-likeness (QED) is 0.228. The highest BCUT2D eigenvalue weighted by Crippen LogP contribution is 2.29. The summed E-state index contributed by atoms with van der Waals surface area (Å²) in [5, 5.41) is 11.6. The van der Waals surface area contributed by atoms with Crippen LogP contribution in [0.1, 0.15) is 67.9 Å². The maximum Gasteiger partial charge on any atom is 0.419 e. The monoisotopic (exact) mass is 611 g/mol. The van der Waals surface area contributed by atoms with Crippen LogP contribution in [0.4, 0.5) is 9.59 Å². The Morgan fingerprint density at radius 2 is 1.20 bits per heavy atom. The molecule has 2 aromatic heterocycles. The van der Waals surface area contributed by atoms with E-state index in [-0.39, 0.29) is 6.61 Å². The molecule has 4 aromatic rings. The van der Waals surface area contributed by atoms with Gasteiger partial charge in [0.15, 0.2) is 0 Å². The van der Waals surface area contributed by atoms with Crippen molar-refractivity contribution in [1.29, 1.82) is 0 Å². The smallest absolute Gasteiger partial charge is 0.419 e. The number of aliphatic hydroxyl groups excluding tert-OH is 1. The minimum atomic E-state index is -0.564. The summed E-state index contributed by atoms with van der Waals surface area (Å²) in [6, 6.07) is 10.8. The predicted octanol–water partition coefficient (Wildman–Crippen LogP) is 9.41. The van der Waals surface area contributed by atoms with E-state index in [1.807, 2.05) is 59.7 Å². The number of ether oxygens (including phenoxy) is 2. The van der Waals surface area contributed by atoms with Gasteiger partial charge in [0.25, 0.3) is 0 Å². The average Bonchev–Trinajstić information content (AvgIpc) is 3.39. The summed E-state index contributed by atoms with van der Waals surface area (Å²) in [5.41, 5.74) is 1.97. The van der Waals surface area contributed by atoms with Crippen molar-refractivity contribution < 1.29 is 25.5 Å². The summed E-state index contributed by atoms with van der Waals surface area (Å²) in [4.78, 5) is 24.2. The Morgan fingerprint density at radius 3 is 1.55 bits per heavy atom. The highest BCUT2D eigenvalue weighted by molar-refractivity contribution is 6.36. The van der Waals surface area contributed by atoms with Crippen molar-refractivity contribution in [3.8, 4) is 0 Å². The molecule has 2 aromatic carbocycles. The SMILES string of the molecule is CC(C)(C)OC(=O)n1cc(Cl)c2cc(CCl)ccc21.CC(C)(C)OC(=O)n1cc(Cl)c2cc(CO)ccc21.[2H]CC. The van der Waals surface area contributed by atoms with Gasteiger partial charge in [-0.15, -0.1) is 11.6 Å². The summed E-state index contributed by atoms with van der Waals surface area (Å²) in [5.74, 6) is 0.407. The van der Waals surface area contributed by atoms with E-state index in [1.54, 1.807) is 31.3 Å². The molecule has 0 saturated carbocycles. The zero-order valence-electron chi connectivity index (χ0n) is 24.8. The topological polar surface area (TPSA) is 82.7 Å². The summed E-state index contributed by atoms with van der Waals surface area (Å²) in [6.07, 6.45) is 2.18. The maximum atomic E-state index is 12.1. The Balaban J connectivity index is 0.000000262. The molecule has 0 saturated heterocycles. The van der Waals surface area contributed by atoms with Crippen molar-refractivity contribution in [2.75, 3.05) is 0 Å². The van der Waals surface area contributed by atoms with Crippen LogP contribution in [-0.2, 0) is 22.0 Å². The fraction of sp³-hybridized carbons (Fsp3) is 0.400. The number of fused-ring (bicyclic) bond motifs is 2. The molecule has 4 rings (SSSR count). The van der Waals surface area contributed by atoms with Crippen LogP contribution in [0.2, 0.25) is 10.0 Å². The third kappa shape index (κ3) is 8.64. The van der Waals surface area contributed by atoms with Crippen molar-refractivity contribution in [2.45, 2.75) is 79.1 Å². The number of carbonyl (C=O) groups excluding carboxylic acids is 2. The van der Waals surface area contributed by atoms with Crippen LogP contribution in [0.3, 0.4) is 0 Å². The number of rotatable bonds is 2. The van der Waals surface area contributed by atoms with Crippen molar-refractivity contribution in [2.24, 2.45) is 0 Å². The molecule has 0 aliphatic rings. The lowest BCUT2D eigenvalue weighted by Gasteiger charge is -2.19. The number of aliphatic hydroxyl groups is 1. The first-order valence-electron chi connectivity index (χ1n) is 13.3. The van der Waals surface area contributed by atoms with Gasteiger partial charge in [-0.05, 0) is 76.9 Å². The molecule has 7 nitrogen and oxygen atoms in total. The molecule has 0 amide bonds. The highest BCUT2D eigenvalue weighted by Gasteiger charge is 2.21. The van der Waals surface area contributed by atoms with Gasteiger partial charge in [0, 0.05) is 30.4 Å². The van der Waals surface area contributed by atoms with Gasteiger partial charge in [0.05, 0.1) is 27.7 Å². The molecule has 2 heterocycles. The number of carbonyl (C=O) groups is 2. The molecule has 0 radical (unpaired) electrons. The first-order valence-corrected chi connectivity index (χ1v) is 13.9. The van der Waals surface area contributed by atoms with E-state index in [0.717, 1.165) is 21.9 Å². The molecular weight excluding hydrogens is 575 g/mol. The van der Waals surface area contributed by atoms with Gasteiger partial charge in [-0.2, -0.15) is 0 Å². The Hall–Kier alpha value is -2.71. The van der Waals surface area contributed by atoms with Crippen LogP contribution in [0.25, 0.3) is 21.8 Å². The Morgan fingerprint density at radius 1 is 0.825 bits per heavy atom. The van der Waals surface area contributed by atoms with Crippen LogP contribution in [0, 0.1) is 0 Å². The first-order chi connectivity index (χ1) is 19.0. The second kappa shape index (κ2) is 13.8. The standard InChI is InChI=1S/C14H15Cl2NO2.C14H16ClNO3.C2H6/c1-14(2,3)19-13(18)17-8-11(16)10-6-9(7-15)4-5-12(10)17;1-14(2,3)19-13(18)16-7-11(15)10-6-9(8-17)4-5-12(10)16;1-2/h4-6,8H,7H2,1-3H3;4-7,17H,8H2,1-3H3;1-2H3/i;;1D. The van der Waals surface area contributed by atoms with Gasteiger partial charge >= 0.3 is 12.2 Å². The van der Waals surface area contributed by atoms with Crippen LogP contribution in [0.5, 0.6) is 0 Å². The average molecular weight is 613 g/mol. The molecule has 40 heavy (non-hydrogen) atoms. The third-order valence-corrected chi connectivity index (χ3v) is 6.07. The van der Waals surface area contributed by atoms with Gasteiger partial charge < -0.3 is 14.6 Å². The Kier molecular flexibility index (Phi) is 11.0. The second-order valence-corrected chi connectivity index (χ2v) is 11.7. The van der Waals surface area contributed by atoms with E-state index in [2.05, 4.69) is 0 Å². The van der Waals surface area contributed by atoms with Gasteiger partial charge in [0.1, 0.15) is 11.2 Å². The van der Waals surface area contributed by atoms with Crippen LogP contribution < -0.4 is 0 Å². The molecule has 10 heteroatoms. The summed E-state index contributed by atoms with van der Waals surface area (Å²) in [7, 11) is 0. The lowest BCUT2D eigenvalue weighted by Crippen LogP contribution is -2.26. The molecule has 0 spiro atoms. The molecule has 1 N–H and O–H groups in total. The van der Waals surface area contributed by atoms with Crippen molar-refractivity contribution >= 4 is 68.8 Å². The number of alkyl halides is 1. The maximum absolute atomic E-state index is 12.1. The molecule has 0 bridgehead atoms. The minimum Gasteiger partial charge on any atom is -0.443 e. The van der Waals surface area contributed by atoms with Crippen LogP contribution >= 0.6 is 34.8 Å². The number of aromatic nitrogens is 2. The molecule has 0 atom stereocenters. The van der Waals surface area contributed by atoms with Gasteiger partial charge in [0.2, 0.25) is 0 Å². The van der Waals surface area contributed by atoms with Crippen LogP contribution in [-0.4, -0.2) is 37.6 Å². The van der Waals surface area contributed by atoms with Crippen LogP contribution in [0.15, 0.2) is 48.8 Å². The second-order valence-electron chi connectivity index (χ2n) is 10.6. The third-order valence-electron chi connectivity index (χ3n) is 5.16. The summed E-state index contributed by atoms with van der Waals surface area (Å²) >= 11 is 18.1. The molecule has 0 fully saturated rings. The molecular formula is C30H37Cl3N2O5. The zero-order valence-corrected chi connectivity index (χ0v) is 26.1. The summed E-state index contributed by atoms with van der Waals surface area (Å²) < 4.78 is 19.7. The molecule has 0 unspecified atom stereocenters. The fourth-order valence-corrected chi connectivity index (χ4v) is 4.24. The highest BCUT2D eigenvalue weighted by atomic mass is 35.5. The van der Waals surface area contributed by atoms with E-state index in [9.17, 15) is 9.59 Å². The van der Waals surface area contributed by atoms with E-state index in [4.69, 9.17) is 50.8 Å². The van der Waals surface area contributed by atoms with Gasteiger partial charge in [-0.1, -0.05) is 49.2 Å². The van der Waals surface area contributed by atoms with Crippen molar-refractivity contribution in [3.63, 3.8) is 0 Å². The van der Waals surface area contributed by atoms with E-state index < -0.39 is 23.4 Å². The zero-order chi connectivity index (χ0) is 31.1. The fourth-order valence-electron chi connectivity index (χ4n) is 3.58.